The third-order valence-corrected chi connectivity index (χ3v) is 9.37. The Morgan fingerprint density at radius 1 is 1.06 bits per heavy atom. The number of carbonyl (C=O) groups excluding carboxylic acids is 2. The summed E-state index contributed by atoms with van der Waals surface area (Å²) < 4.78 is 1.08. The Balaban J connectivity index is 1.41. The van der Waals surface area contributed by atoms with E-state index in [4.69, 9.17) is 0 Å². The summed E-state index contributed by atoms with van der Waals surface area (Å²) in [4.78, 5) is 29.2. The van der Waals surface area contributed by atoms with E-state index in [2.05, 4.69) is 5.32 Å². The molecule has 9 rings (SSSR count). The highest BCUT2D eigenvalue weighted by molar-refractivity contribution is 6.34. The SMILES string of the molecule is CC1(C)C2=[N+]([O-])c3c(cccc3-c3ccccc3)C2=C[C@@]23NC4(C(=O)[C@]45CCCN5C2=O)C13. The van der Waals surface area contributed by atoms with E-state index in [9.17, 15) is 14.8 Å². The molecule has 5 heterocycles. The van der Waals surface area contributed by atoms with Crippen molar-refractivity contribution in [3.8, 4) is 11.1 Å². The molecule has 3 spiro atoms. The Labute approximate surface area is 191 Å². The third kappa shape index (κ3) is 1.54. The van der Waals surface area contributed by atoms with Crippen LogP contribution in [0.1, 0.15) is 32.3 Å². The number of allylic oxidation sites excluding steroid dienone is 1. The molecule has 2 aromatic carbocycles. The maximum absolute atomic E-state index is 14.0. The predicted octanol–water partition coefficient (Wildman–Crippen LogP) is 3.03. The fourth-order valence-corrected chi connectivity index (χ4v) is 8.43. The largest absolute Gasteiger partial charge is 0.618 e. The third-order valence-electron chi connectivity index (χ3n) is 9.37. The van der Waals surface area contributed by atoms with Gasteiger partial charge >= 0.3 is 0 Å². The molecule has 7 aliphatic rings. The second kappa shape index (κ2) is 4.97. The van der Waals surface area contributed by atoms with Crippen LogP contribution < -0.4 is 5.32 Å². The average molecular weight is 437 g/mol. The minimum absolute atomic E-state index is 0.00228. The molecule has 1 N–H and O–H groups in total. The van der Waals surface area contributed by atoms with Crippen molar-refractivity contribution in [1.29, 1.82) is 0 Å². The van der Waals surface area contributed by atoms with Crippen molar-refractivity contribution in [1.82, 2.24) is 10.2 Å². The molecule has 2 bridgehead atoms. The first-order valence-corrected chi connectivity index (χ1v) is 11.8. The Hall–Kier alpha value is -3.25. The maximum Gasteiger partial charge on any atom is 0.248 e. The first kappa shape index (κ1) is 18.2. The van der Waals surface area contributed by atoms with Crippen molar-refractivity contribution in [3.05, 3.63) is 65.4 Å². The summed E-state index contributed by atoms with van der Waals surface area (Å²) >= 11 is 0. The lowest BCUT2D eigenvalue weighted by Crippen LogP contribution is -2.89. The number of nitrogens with one attached hydrogen (secondary N) is 1. The van der Waals surface area contributed by atoms with Gasteiger partial charge in [0, 0.05) is 12.5 Å². The molecule has 0 radical (unpaired) electrons. The molecule has 2 unspecified atom stereocenters. The highest BCUT2D eigenvalue weighted by Crippen LogP contribution is 2.75. The lowest BCUT2D eigenvalue weighted by molar-refractivity contribution is -0.362. The molecule has 4 saturated heterocycles. The fourth-order valence-electron chi connectivity index (χ4n) is 8.43. The van der Waals surface area contributed by atoms with Gasteiger partial charge in [0.05, 0.1) is 22.1 Å². The highest BCUT2D eigenvalue weighted by atomic mass is 16.5. The van der Waals surface area contributed by atoms with Crippen molar-refractivity contribution in [2.45, 2.75) is 43.3 Å². The molecule has 2 aliphatic carbocycles. The number of Topliss-reactive ketones (excluding diaryl/α,β-unsaturated/α-hetero) is 1. The summed E-state index contributed by atoms with van der Waals surface area (Å²) in [5.41, 5.74) is 1.88. The van der Waals surface area contributed by atoms with Crippen LogP contribution in [0.15, 0.2) is 54.6 Å². The molecule has 1 saturated carbocycles. The van der Waals surface area contributed by atoms with Gasteiger partial charge in [-0.1, -0.05) is 36.4 Å². The quantitative estimate of drug-likeness (QED) is 0.550. The zero-order valence-corrected chi connectivity index (χ0v) is 18.5. The molecule has 1 amide bonds. The number of benzene rings is 2. The van der Waals surface area contributed by atoms with Crippen LogP contribution in [0.5, 0.6) is 0 Å². The molecule has 5 aliphatic heterocycles. The molecule has 5 fully saturated rings. The monoisotopic (exact) mass is 437 g/mol. The van der Waals surface area contributed by atoms with E-state index in [1.807, 2.05) is 73.4 Å². The van der Waals surface area contributed by atoms with Gasteiger partial charge in [-0.2, -0.15) is 4.74 Å². The number of piperazine rings is 1. The van der Waals surface area contributed by atoms with Gasteiger partial charge in [0.15, 0.2) is 5.78 Å². The number of para-hydroxylation sites is 1. The van der Waals surface area contributed by atoms with Gasteiger partial charge in [-0.25, -0.2) is 0 Å². The van der Waals surface area contributed by atoms with Gasteiger partial charge in [-0.3, -0.25) is 14.9 Å². The number of piperidine rings is 1. The molecule has 4 atom stereocenters. The molecular formula is C27H23N3O3. The van der Waals surface area contributed by atoms with E-state index < -0.39 is 22.0 Å². The number of hydrogen-bond acceptors (Lipinski definition) is 4. The van der Waals surface area contributed by atoms with E-state index in [0.717, 1.165) is 39.8 Å². The van der Waals surface area contributed by atoms with Gasteiger partial charge in [0.25, 0.3) is 0 Å². The van der Waals surface area contributed by atoms with Gasteiger partial charge in [0.2, 0.25) is 17.3 Å². The van der Waals surface area contributed by atoms with Gasteiger partial charge in [-0.05, 0) is 50.5 Å². The lowest BCUT2D eigenvalue weighted by Gasteiger charge is -2.66. The summed E-state index contributed by atoms with van der Waals surface area (Å²) in [5, 5.41) is 17.5. The van der Waals surface area contributed by atoms with Crippen LogP contribution in [0, 0.1) is 16.5 Å². The van der Waals surface area contributed by atoms with Crippen LogP contribution in [-0.2, 0) is 9.59 Å². The van der Waals surface area contributed by atoms with Crippen LogP contribution >= 0.6 is 0 Å². The number of fused-ring (bicyclic) bond motifs is 3. The smallest absolute Gasteiger partial charge is 0.248 e. The maximum atomic E-state index is 14.0. The summed E-state index contributed by atoms with van der Waals surface area (Å²) in [5.74, 6) is -0.110. The number of rotatable bonds is 1. The minimum atomic E-state index is -0.923. The topological polar surface area (TPSA) is 75.5 Å². The minimum Gasteiger partial charge on any atom is -0.618 e. The summed E-state index contributed by atoms with van der Waals surface area (Å²) in [7, 11) is 0. The average Bonchev–Trinajstić information content (AvgIpc) is 3.09. The lowest BCUT2D eigenvalue weighted by atomic mass is 9.48. The second-order valence-electron chi connectivity index (χ2n) is 11.0. The first-order chi connectivity index (χ1) is 15.8. The van der Waals surface area contributed by atoms with E-state index in [0.29, 0.717) is 17.9 Å². The number of amides is 1. The molecule has 164 valence electrons. The van der Waals surface area contributed by atoms with E-state index in [-0.39, 0.29) is 17.6 Å². The zero-order valence-electron chi connectivity index (χ0n) is 18.5. The number of carbonyl (C=O) groups is 2. The molecule has 33 heavy (non-hydrogen) atoms. The number of ketones is 1. The van der Waals surface area contributed by atoms with Crippen LogP contribution in [0.4, 0.5) is 5.69 Å². The van der Waals surface area contributed by atoms with E-state index >= 15 is 0 Å². The van der Waals surface area contributed by atoms with Crippen molar-refractivity contribution in [2.24, 2.45) is 11.3 Å². The Morgan fingerprint density at radius 3 is 2.61 bits per heavy atom. The first-order valence-electron chi connectivity index (χ1n) is 11.8. The Bertz CT molecular complexity index is 1420. The van der Waals surface area contributed by atoms with E-state index in [1.54, 1.807) is 0 Å². The molecule has 0 aromatic heterocycles. The van der Waals surface area contributed by atoms with Crippen molar-refractivity contribution >= 4 is 28.7 Å². The predicted molar refractivity (Wildman–Crippen MR) is 123 cm³/mol. The normalized spacial score (nSPS) is 38.1. The molecule has 2 aromatic rings. The Morgan fingerprint density at radius 2 is 1.82 bits per heavy atom. The zero-order chi connectivity index (χ0) is 22.5. The van der Waals surface area contributed by atoms with Crippen LogP contribution in [-0.4, -0.2) is 50.2 Å². The summed E-state index contributed by atoms with van der Waals surface area (Å²) in [6.07, 6.45) is 3.55. The van der Waals surface area contributed by atoms with Gasteiger partial charge in [0.1, 0.15) is 16.6 Å². The highest BCUT2D eigenvalue weighted by Gasteiger charge is 2.99. The fraction of sp³-hybridized carbons (Fsp3) is 0.370. The molecule has 6 heteroatoms. The van der Waals surface area contributed by atoms with Crippen LogP contribution in [0.3, 0.4) is 0 Å². The molecule has 6 nitrogen and oxygen atoms in total. The second-order valence-corrected chi connectivity index (χ2v) is 11.0. The summed E-state index contributed by atoms with van der Waals surface area (Å²) in [6.45, 7) is 4.74. The number of nitrogens with zero attached hydrogens (tertiary/aromatic N) is 2. The van der Waals surface area contributed by atoms with Gasteiger partial charge < -0.3 is 10.1 Å². The number of hydrogen-bond donors (Lipinski definition) is 1. The Kier molecular flexibility index (Phi) is 2.74. The molecular weight excluding hydrogens is 414 g/mol. The van der Waals surface area contributed by atoms with Crippen LogP contribution in [0.2, 0.25) is 0 Å². The standard InChI is InChI=1S/C27H23N3O3/c1-24(2)20-18(17-11-6-10-16(19(17)30(20)33)15-8-4-3-5-9-15)14-25-21(24)27(28-25)22(31)26(27)12-7-13-29(26)23(25)32/h3-6,8-11,14,21,28H,7,12-13H2,1-2H3/t21?,25-,26+,27?/m0/s1. The van der Waals surface area contributed by atoms with Crippen molar-refractivity contribution in [3.63, 3.8) is 0 Å². The van der Waals surface area contributed by atoms with Crippen LogP contribution in [0.25, 0.3) is 16.7 Å². The van der Waals surface area contributed by atoms with Gasteiger partial charge in [-0.15, -0.1) is 0 Å². The van der Waals surface area contributed by atoms with Crippen molar-refractivity contribution < 1.29 is 14.3 Å². The summed E-state index contributed by atoms with van der Waals surface area (Å²) in [6, 6.07) is 15.9. The van der Waals surface area contributed by atoms with E-state index in [1.165, 1.54) is 0 Å². The van der Waals surface area contributed by atoms with Crippen molar-refractivity contribution in [2.75, 3.05) is 6.54 Å².